The molecule has 0 spiro atoms. The Morgan fingerprint density at radius 1 is 1.77 bits per heavy atom. The Balaban J connectivity index is 2.36. The quantitative estimate of drug-likeness (QED) is 0.739. The second-order valence-electron chi connectivity index (χ2n) is 2.49. The molecule has 1 amide bonds. The zero-order chi connectivity index (χ0) is 9.68. The number of hydrogen-bond donors (Lipinski definition) is 1. The zero-order valence-electron chi connectivity index (χ0n) is 7.66. The number of carbonyl (C=O) groups is 1. The lowest BCUT2D eigenvalue weighted by Gasteiger charge is -2.00. The number of thiazole rings is 1. The van der Waals surface area contributed by atoms with Crippen LogP contribution >= 0.6 is 11.3 Å². The molecule has 1 rings (SSSR count). The maximum atomic E-state index is 11.1. The van der Waals surface area contributed by atoms with Gasteiger partial charge in [-0.1, -0.05) is 0 Å². The molecule has 1 N–H and O–H groups in total. The molecule has 4 nitrogen and oxygen atoms in total. The van der Waals surface area contributed by atoms with Gasteiger partial charge >= 0.3 is 0 Å². The molecule has 5 heteroatoms. The average molecular weight is 200 g/mol. The molecular formula is C8H12N2O2S. The Kier molecular flexibility index (Phi) is 3.85. The molecule has 1 aromatic heterocycles. The molecule has 13 heavy (non-hydrogen) atoms. The van der Waals surface area contributed by atoms with Crippen LogP contribution in [-0.2, 0) is 16.1 Å². The molecule has 0 saturated heterocycles. The van der Waals surface area contributed by atoms with E-state index in [0.717, 1.165) is 10.7 Å². The van der Waals surface area contributed by atoms with Crippen molar-refractivity contribution in [2.75, 3.05) is 6.61 Å². The van der Waals surface area contributed by atoms with Crippen molar-refractivity contribution < 1.29 is 9.63 Å². The van der Waals surface area contributed by atoms with Crippen molar-refractivity contribution in [2.45, 2.75) is 20.3 Å². The Morgan fingerprint density at radius 2 is 2.54 bits per heavy atom. The van der Waals surface area contributed by atoms with Crippen molar-refractivity contribution >= 4 is 17.2 Å². The summed E-state index contributed by atoms with van der Waals surface area (Å²) < 4.78 is 0. The number of nitrogens with zero attached hydrogens (tertiary/aromatic N) is 1. The Labute approximate surface area is 80.9 Å². The smallest absolute Gasteiger partial charge is 0.249 e. The van der Waals surface area contributed by atoms with Crippen LogP contribution in [0.2, 0.25) is 0 Å². The highest BCUT2D eigenvalue weighted by atomic mass is 32.1. The van der Waals surface area contributed by atoms with E-state index in [1.807, 2.05) is 19.2 Å². The first-order chi connectivity index (χ1) is 6.22. The van der Waals surface area contributed by atoms with E-state index in [-0.39, 0.29) is 12.3 Å². The van der Waals surface area contributed by atoms with Crippen molar-refractivity contribution in [1.29, 1.82) is 0 Å². The third kappa shape index (κ3) is 3.52. The predicted molar refractivity (Wildman–Crippen MR) is 50.3 cm³/mol. The van der Waals surface area contributed by atoms with Crippen LogP contribution in [0.1, 0.15) is 17.6 Å². The highest BCUT2D eigenvalue weighted by molar-refractivity contribution is 7.09. The van der Waals surface area contributed by atoms with Gasteiger partial charge in [0.05, 0.1) is 23.7 Å². The van der Waals surface area contributed by atoms with Crippen LogP contribution in [-0.4, -0.2) is 17.5 Å². The third-order valence-corrected chi connectivity index (χ3v) is 2.16. The largest absolute Gasteiger partial charge is 0.274 e. The van der Waals surface area contributed by atoms with Crippen molar-refractivity contribution in [2.24, 2.45) is 0 Å². The minimum absolute atomic E-state index is 0.160. The number of hydrogen-bond acceptors (Lipinski definition) is 4. The van der Waals surface area contributed by atoms with Crippen molar-refractivity contribution in [1.82, 2.24) is 10.5 Å². The fourth-order valence-corrected chi connectivity index (χ4v) is 1.46. The minimum Gasteiger partial charge on any atom is -0.274 e. The standard InChI is InChI=1S/C8H12N2O2S/c1-3-12-10-8(11)4-7-5-13-6(2)9-7/h5H,3-4H2,1-2H3,(H,10,11). The van der Waals surface area contributed by atoms with Crippen LogP contribution in [0, 0.1) is 6.92 Å². The molecule has 0 bridgehead atoms. The Hall–Kier alpha value is -0.940. The number of aromatic nitrogens is 1. The highest BCUT2D eigenvalue weighted by Gasteiger charge is 2.05. The lowest BCUT2D eigenvalue weighted by molar-refractivity contribution is -0.132. The van der Waals surface area contributed by atoms with Gasteiger partial charge in [-0.15, -0.1) is 11.3 Å². The highest BCUT2D eigenvalue weighted by Crippen LogP contribution is 2.07. The Morgan fingerprint density at radius 3 is 3.08 bits per heavy atom. The van der Waals surface area contributed by atoms with Gasteiger partial charge in [0.1, 0.15) is 0 Å². The van der Waals surface area contributed by atoms with Crippen molar-refractivity contribution in [3.8, 4) is 0 Å². The topological polar surface area (TPSA) is 51.2 Å². The fraction of sp³-hybridized carbons (Fsp3) is 0.500. The van der Waals surface area contributed by atoms with Gasteiger partial charge in [0, 0.05) is 5.38 Å². The van der Waals surface area contributed by atoms with Gasteiger partial charge in [0.15, 0.2) is 0 Å². The predicted octanol–water partition coefficient (Wildman–Crippen LogP) is 1.06. The maximum Gasteiger partial charge on any atom is 0.249 e. The first kappa shape index (κ1) is 10.1. The normalized spacial score (nSPS) is 10.0. The van der Waals surface area contributed by atoms with E-state index >= 15 is 0 Å². The fourth-order valence-electron chi connectivity index (χ4n) is 0.843. The Bertz CT molecular complexity index is 285. The molecule has 0 saturated carbocycles. The second-order valence-corrected chi connectivity index (χ2v) is 3.56. The molecule has 0 aromatic carbocycles. The molecule has 0 aliphatic rings. The number of aryl methyl sites for hydroxylation is 1. The summed E-state index contributed by atoms with van der Waals surface area (Å²) in [5.74, 6) is -0.160. The summed E-state index contributed by atoms with van der Waals surface area (Å²) in [4.78, 5) is 20.0. The second kappa shape index (κ2) is 4.94. The van der Waals surface area contributed by atoms with Gasteiger partial charge in [-0.05, 0) is 13.8 Å². The van der Waals surface area contributed by atoms with E-state index in [4.69, 9.17) is 4.84 Å². The van der Waals surface area contributed by atoms with Gasteiger partial charge in [0.2, 0.25) is 5.91 Å². The SMILES string of the molecule is CCONC(=O)Cc1csc(C)n1. The van der Waals surface area contributed by atoms with Crippen LogP contribution < -0.4 is 5.48 Å². The number of carbonyl (C=O) groups excluding carboxylic acids is 1. The van der Waals surface area contributed by atoms with Crippen LogP contribution in [0.5, 0.6) is 0 Å². The third-order valence-electron chi connectivity index (χ3n) is 1.34. The molecule has 0 fully saturated rings. The van der Waals surface area contributed by atoms with E-state index in [9.17, 15) is 4.79 Å². The van der Waals surface area contributed by atoms with Gasteiger partial charge in [-0.3, -0.25) is 9.63 Å². The van der Waals surface area contributed by atoms with Crippen molar-refractivity contribution in [3.63, 3.8) is 0 Å². The van der Waals surface area contributed by atoms with E-state index in [1.54, 1.807) is 0 Å². The lowest BCUT2D eigenvalue weighted by Crippen LogP contribution is -2.25. The lowest BCUT2D eigenvalue weighted by atomic mass is 10.3. The number of amides is 1. The molecular weight excluding hydrogens is 188 g/mol. The molecule has 0 aliphatic carbocycles. The average Bonchev–Trinajstić information content (AvgIpc) is 2.48. The number of hydroxylamine groups is 1. The summed E-state index contributed by atoms with van der Waals surface area (Å²) in [7, 11) is 0. The van der Waals surface area contributed by atoms with E-state index in [0.29, 0.717) is 6.61 Å². The van der Waals surface area contributed by atoms with Gasteiger partial charge in [-0.25, -0.2) is 10.5 Å². The molecule has 0 unspecified atom stereocenters. The maximum absolute atomic E-state index is 11.1. The summed E-state index contributed by atoms with van der Waals surface area (Å²) in [6.45, 7) is 4.20. The molecule has 0 atom stereocenters. The van der Waals surface area contributed by atoms with Crippen LogP contribution in [0.15, 0.2) is 5.38 Å². The van der Waals surface area contributed by atoms with Gasteiger partial charge < -0.3 is 0 Å². The monoisotopic (exact) mass is 200 g/mol. The summed E-state index contributed by atoms with van der Waals surface area (Å²) in [6.07, 6.45) is 0.282. The molecule has 0 aliphatic heterocycles. The molecule has 0 radical (unpaired) electrons. The van der Waals surface area contributed by atoms with Gasteiger partial charge in [-0.2, -0.15) is 0 Å². The number of rotatable bonds is 4. The van der Waals surface area contributed by atoms with Crippen LogP contribution in [0.25, 0.3) is 0 Å². The molecule has 1 aromatic rings. The molecule has 72 valence electrons. The van der Waals surface area contributed by atoms with Crippen LogP contribution in [0.4, 0.5) is 0 Å². The molecule has 1 heterocycles. The summed E-state index contributed by atoms with van der Waals surface area (Å²) in [5, 5.41) is 2.85. The van der Waals surface area contributed by atoms with E-state index < -0.39 is 0 Å². The summed E-state index contributed by atoms with van der Waals surface area (Å²) in [6, 6.07) is 0. The number of nitrogens with one attached hydrogen (secondary N) is 1. The van der Waals surface area contributed by atoms with Crippen LogP contribution in [0.3, 0.4) is 0 Å². The van der Waals surface area contributed by atoms with E-state index in [2.05, 4.69) is 10.5 Å². The van der Waals surface area contributed by atoms with E-state index in [1.165, 1.54) is 11.3 Å². The van der Waals surface area contributed by atoms with Crippen molar-refractivity contribution in [3.05, 3.63) is 16.1 Å². The van der Waals surface area contributed by atoms with Gasteiger partial charge in [0.25, 0.3) is 0 Å². The first-order valence-electron chi connectivity index (χ1n) is 4.04. The minimum atomic E-state index is -0.160. The summed E-state index contributed by atoms with van der Waals surface area (Å²) in [5.41, 5.74) is 3.11. The zero-order valence-corrected chi connectivity index (χ0v) is 8.48. The summed E-state index contributed by atoms with van der Waals surface area (Å²) >= 11 is 1.54. The first-order valence-corrected chi connectivity index (χ1v) is 4.92.